The summed E-state index contributed by atoms with van der Waals surface area (Å²) in [6.07, 6.45) is 4.64. The fourth-order valence-corrected chi connectivity index (χ4v) is 2.89. The fourth-order valence-electron chi connectivity index (χ4n) is 2.31. The molecular formula is C18H23FN4S. The number of rotatable bonds is 7. The number of nitrogens with one attached hydrogen (secondary N) is 2. The first-order valence-electron chi connectivity index (χ1n) is 7.83. The lowest BCUT2D eigenvalue weighted by Crippen LogP contribution is -2.38. The van der Waals surface area contributed by atoms with Gasteiger partial charge < -0.3 is 10.6 Å². The lowest BCUT2D eigenvalue weighted by atomic mass is 10.1. The molecule has 2 N–H and O–H groups in total. The van der Waals surface area contributed by atoms with Crippen molar-refractivity contribution >= 4 is 17.7 Å². The highest BCUT2D eigenvalue weighted by molar-refractivity contribution is 7.97. The molecule has 0 saturated heterocycles. The number of hydrogen-bond donors (Lipinski definition) is 2. The topological polar surface area (TPSA) is 49.3 Å². The third-order valence-corrected chi connectivity index (χ3v) is 4.14. The van der Waals surface area contributed by atoms with Crippen molar-refractivity contribution in [1.82, 2.24) is 15.6 Å². The molecule has 0 aliphatic carbocycles. The van der Waals surface area contributed by atoms with Crippen LogP contribution in [0.25, 0.3) is 0 Å². The normalized spacial score (nSPS) is 11.4. The number of guanidine groups is 1. The number of thioether (sulfide) groups is 1. The molecular weight excluding hydrogens is 323 g/mol. The second kappa shape index (κ2) is 9.93. The van der Waals surface area contributed by atoms with Crippen LogP contribution in [0.15, 0.2) is 47.6 Å². The van der Waals surface area contributed by atoms with Crippen LogP contribution in [0, 0.1) is 5.82 Å². The summed E-state index contributed by atoms with van der Waals surface area (Å²) in [5.41, 5.74) is 3.14. The standard InChI is InChI=1S/C18H23FN4S/c1-20-18(22-10-8-17-5-3-4-9-21-17)23-12-14-6-7-16(19)11-15(14)13-24-2/h3-7,9,11H,8,10,12-13H2,1-2H3,(H2,20,22,23). The molecule has 0 radical (unpaired) electrons. The van der Waals surface area contributed by atoms with Crippen molar-refractivity contribution in [1.29, 1.82) is 0 Å². The molecule has 4 nitrogen and oxygen atoms in total. The number of halogens is 1. The van der Waals surface area contributed by atoms with Gasteiger partial charge in [-0.05, 0) is 41.6 Å². The Morgan fingerprint density at radius 3 is 2.79 bits per heavy atom. The van der Waals surface area contributed by atoms with E-state index in [0.29, 0.717) is 6.54 Å². The number of benzene rings is 1. The van der Waals surface area contributed by atoms with Gasteiger partial charge in [0.1, 0.15) is 5.82 Å². The Morgan fingerprint density at radius 2 is 2.08 bits per heavy atom. The van der Waals surface area contributed by atoms with Crippen molar-refractivity contribution in [3.05, 3.63) is 65.2 Å². The maximum Gasteiger partial charge on any atom is 0.191 e. The van der Waals surface area contributed by atoms with Gasteiger partial charge in [-0.2, -0.15) is 11.8 Å². The highest BCUT2D eigenvalue weighted by Crippen LogP contribution is 2.16. The predicted octanol–water partition coefficient (Wildman–Crippen LogP) is 2.99. The van der Waals surface area contributed by atoms with Gasteiger partial charge in [0.05, 0.1) is 0 Å². The second-order valence-electron chi connectivity index (χ2n) is 5.27. The van der Waals surface area contributed by atoms with Gasteiger partial charge >= 0.3 is 0 Å². The monoisotopic (exact) mass is 346 g/mol. The zero-order valence-electron chi connectivity index (χ0n) is 14.1. The highest BCUT2D eigenvalue weighted by Gasteiger charge is 2.05. The second-order valence-corrected chi connectivity index (χ2v) is 6.14. The van der Waals surface area contributed by atoms with E-state index >= 15 is 0 Å². The molecule has 0 atom stereocenters. The molecule has 0 aliphatic heterocycles. The molecule has 0 unspecified atom stereocenters. The summed E-state index contributed by atoms with van der Waals surface area (Å²) in [6, 6.07) is 10.8. The Labute approximate surface area is 147 Å². The molecule has 0 spiro atoms. The minimum absolute atomic E-state index is 0.194. The van der Waals surface area contributed by atoms with Crippen LogP contribution < -0.4 is 10.6 Å². The summed E-state index contributed by atoms with van der Waals surface area (Å²) in [5, 5.41) is 6.55. The zero-order chi connectivity index (χ0) is 17.2. The largest absolute Gasteiger partial charge is 0.356 e. The molecule has 6 heteroatoms. The van der Waals surface area contributed by atoms with E-state index in [1.165, 1.54) is 6.07 Å². The quantitative estimate of drug-likeness (QED) is 0.598. The molecule has 128 valence electrons. The van der Waals surface area contributed by atoms with Gasteiger partial charge in [-0.15, -0.1) is 0 Å². The molecule has 0 saturated carbocycles. The summed E-state index contributed by atoms with van der Waals surface area (Å²) >= 11 is 1.68. The van der Waals surface area contributed by atoms with Crippen molar-refractivity contribution in [2.75, 3.05) is 19.8 Å². The van der Waals surface area contributed by atoms with Crippen molar-refractivity contribution in [3.8, 4) is 0 Å². The summed E-state index contributed by atoms with van der Waals surface area (Å²) in [5.74, 6) is 1.33. The maximum atomic E-state index is 13.4. The lowest BCUT2D eigenvalue weighted by Gasteiger charge is -2.14. The van der Waals surface area contributed by atoms with Crippen LogP contribution >= 0.6 is 11.8 Å². The number of pyridine rings is 1. The molecule has 0 aliphatic rings. The van der Waals surface area contributed by atoms with Crippen LogP contribution in [-0.4, -0.2) is 30.8 Å². The van der Waals surface area contributed by atoms with E-state index in [9.17, 15) is 4.39 Å². The zero-order valence-corrected chi connectivity index (χ0v) is 14.9. The first-order chi connectivity index (χ1) is 11.7. The summed E-state index contributed by atoms with van der Waals surface area (Å²) in [6.45, 7) is 1.36. The van der Waals surface area contributed by atoms with Crippen molar-refractivity contribution in [2.24, 2.45) is 4.99 Å². The minimum Gasteiger partial charge on any atom is -0.356 e. The average Bonchev–Trinajstić information content (AvgIpc) is 2.60. The van der Waals surface area contributed by atoms with Crippen LogP contribution in [0.5, 0.6) is 0 Å². The molecule has 1 aromatic carbocycles. The third kappa shape index (κ3) is 5.85. The van der Waals surface area contributed by atoms with Crippen molar-refractivity contribution in [2.45, 2.75) is 18.7 Å². The Kier molecular flexibility index (Phi) is 7.55. The molecule has 0 bridgehead atoms. The van der Waals surface area contributed by atoms with E-state index in [-0.39, 0.29) is 5.82 Å². The SMILES string of the molecule is CN=C(NCCc1ccccn1)NCc1ccc(F)cc1CSC. The van der Waals surface area contributed by atoms with Gasteiger partial charge in [-0.25, -0.2) is 4.39 Å². The molecule has 1 aromatic heterocycles. The van der Waals surface area contributed by atoms with E-state index in [0.717, 1.165) is 41.5 Å². The smallest absolute Gasteiger partial charge is 0.191 e. The number of hydrogen-bond acceptors (Lipinski definition) is 3. The highest BCUT2D eigenvalue weighted by atomic mass is 32.2. The molecule has 0 amide bonds. The number of aromatic nitrogens is 1. The summed E-state index contributed by atoms with van der Waals surface area (Å²) in [4.78, 5) is 8.52. The predicted molar refractivity (Wildman–Crippen MR) is 99.8 cm³/mol. The molecule has 0 fully saturated rings. The van der Waals surface area contributed by atoms with E-state index in [2.05, 4.69) is 20.6 Å². The fraction of sp³-hybridized carbons (Fsp3) is 0.333. The lowest BCUT2D eigenvalue weighted by molar-refractivity contribution is 0.625. The first kappa shape index (κ1) is 18.3. The van der Waals surface area contributed by atoms with Crippen LogP contribution in [-0.2, 0) is 18.7 Å². The Morgan fingerprint density at radius 1 is 1.21 bits per heavy atom. The maximum absolute atomic E-state index is 13.4. The van der Waals surface area contributed by atoms with E-state index in [4.69, 9.17) is 0 Å². The van der Waals surface area contributed by atoms with Crippen LogP contribution in [0.3, 0.4) is 0 Å². The van der Waals surface area contributed by atoms with E-state index < -0.39 is 0 Å². The van der Waals surface area contributed by atoms with Gasteiger partial charge in [0.2, 0.25) is 0 Å². The van der Waals surface area contributed by atoms with E-state index in [1.54, 1.807) is 31.1 Å². The molecule has 2 rings (SSSR count). The van der Waals surface area contributed by atoms with Gasteiger partial charge in [-0.3, -0.25) is 9.98 Å². The molecule has 24 heavy (non-hydrogen) atoms. The van der Waals surface area contributed by atoms with Crippen LogP contribution in [0.4, 0.5) is 4.39 Å². The van der Waals surface area contributed by atoms with Gasteiger partial charge in [-0.1, -0.05) is 12.1 Å². The van der Waals surface area contributed by atoms with Gasteiger partial charge in [0, 0.05) is 44.2 Å². The van der Waals surface area contributed by atoms with Crippen molar-refractivity contribution in [3.63, 3.8) is 0 Å². The summed E-state index contributed by atoms with van der Waals surface area (Å²) in [7, 11) is 1.74. The Hall–Kier alpha value is -2.08. The first-order valence-corrected chi connectivity index (χ1v) is 9.23. The van der Waals surface area contributed by atoms with Crippen molar-refractivity contribution < 1.29 is 4.39 Å². The van der Waals surface area contributed by atoms with E-state index in [1.807, 2.05) is 30.5 Å². The van der Waals surface area contributed by atoms with Crippen LogP contribution in [0.2, 0.25) is 0 Å². The molecule has 2 aromatic rings. The van der Waals surface area contributed by atoms with Gasteiger partial charge in [0.15, 0.2) is 5.96 Å². The molecule has 1 heterocycles. The number of aliphatic imine (C=N–C) groups is 1. The third-order valence-electron chi connectivity index (χ3n) is 3.54. The Balaban J connectivity index is 1.85. The summed E-state index contributed by atoms with van der Waals surface area (Å²) < 4.78 is 13.4. The number of nitrogens with zero attached hydrogens (tertiary/aromatic N) is 2. The minimum atomic E-state index is -0.194. The average molecular weight is 346 g/mol. The Bertz CT molecular complexity index is 661. The van der Waals surface area contributed by atoms with Gasteiger partial charge in [0.25, 0.3) is 0 Å². The van der Waals surface area contributed by atoms with Crippen LogP contribution in [0.1, 0.15) is 16.8 Å².